The molecule has 2 amide bonds. The van der Waals surface area contributed by atoms with Crippen molar-refractivity contribution < 1.29 is 14.3 Å². The number of hydrogen-bond acceptors (Lipinski definition) is 3. The number of carbonyl (C=O) groups excluding carboxylic acids is 2. The van der Waals surface area contributed by atoms with Gasteiger partial charge in [-0.2, -0.15) is 0 Å². The molecule has 5 heteroatoms. The van der Waals surface area contributed by atoms with Crippen LogP contribution in [0.5, 0.6) is 0 Å². The number of benzene rings is 1. The third-order valence-corrected chi connectivity index (χ3v) is 4.39. The summed E-state index contributed by atoms with van der Waals surface area (Å²) in [5.41, 5.74) is 1.06. The lowest BCUT2D eigenvalue weighted by Gasteiger charge is -2.34. The average Bonchev–Trinajstić information content (AvgIpc) is 2.80. The molecule has 0 saturated carbocycles. The van der Waals surface area contributed by atoms with Crippen molar-refractivity contribution in [2.24, 2.45) is 5.92 Å². The Morgan fingerprint density at radius 1 is 1.23 bits per heavy atom. The summed E-state index contributed by atoms with van der Waals surface area (Å²) in [7, 11) is 0. The van der Waals surface area contributed by atoms with E-state index < -0.39 is 0 Å². The second-order valence-electron chi connectivity index (χ2n) is 5.88. The van der Waals surface area contributed by atoms with E-state index in [-0.39, 0.29) is 23.8 Å². The number of amides is 2. The van der Waals surface area contributed by atoms with Gasteiger partial charge in [0.1, 0.15) is 0 Å². The van der Waals surface area contributed by atoms with Crippen molar-refractivity contribution in [3.63, 3.8) is 0 Å². The zero-order valence-electron chi connectivity index (χ0n) is 12.7. The molecule has 2 heterocycles. The van der Waals surface area contributed by atoms with Crippen LogP contribution in [0.25, 0.3) is 0 Å². The van der Waals surface area contributed by atoms with Crippen molar-refractivity contribution in [2.45, 2.75) is 25.4 Å². The summed E-state index contributed by atoms with van der Waals surface area (Å²) in [6.45, 7) is 2.32. The molecule has 2 saturated heterocycles. The van der Waals surface area contributed by atoms with E-state index in [0.717, 1.165) is 18.4 Å². The summed E-state index contributed by atoms with van der Waals surface area (Å²) < 4.78 is 5.91. The Morgan fingerprint density at radius 3 is 2.86 bits per heavy atom. The highest BCUT2D eigenvalue weighted by atomic mass is 16.5. The van der Waals surface area contributed by atoms with Crippen molar-refractivity contribution in [2.75, 3.05) is 26.2 Å². The predicted octanol–water partition coefficient (Wildman–Crippen LogP) is 1.50. The maximum Gasteiger partial charge on any atom is 0.228 e. The summed E-state index contributed by atoms with van der Waals surface area (Å²) in [6.07, 6.45) is 1.96. The first-order valence-electron chi connectivity index (χ1n) is 7.98. The molecule has 1 aromatic carbocycles. The zero-order chi connectivity index (χ0) is 15.4. The highest BCUT2D eigenvalue weighted by Crippen LogP contribution is 2.34. The molecule has 0 aromatic heterocycles. The average molecular weight is 302 g/mol. The minimum atomic E-state index is -0.172. The predicted molar refractivity (Wildman–Crippen MR) is 82.1 cm³/mol. The van der Waals surface area contributed by atoms with Crippen LogP contribution in [0.4, 0.5) is 0 Å². The van der Waals surface area contributed by atoms with E-state index in [4.69, 9.17) is 4.74 Å². The third-order valence-electron chi connectivity index (χ3n) is 4.39. The molecule has 0 bridgehead atoms. The Labute approximate surface area is 130 Å². The van der Waals surface area contributed by atoms with Gasteiger partial charge in [0.05, 0.1) is 12.0 Å². The van der Waals surface area contributed by atoms with Crippen molar-refractivity contribution in [3.8, 4) is 0 Å². The van der Waals surface area contributed by atoms with Gasteiger partial charge >= 0.3 is 0 Å². The minimum absolute atomic E-state index is 0.0230. The first-order chi connectivity index (χ1) is 10.8. The van der Waals surface area contributed by atoms with Gasteiger partial charge in [0.15, 0.2) is 0 Å². The van der Waals surface area contributed by atoms with Crippen LogP contribution in [-0.4, -0.2) is 43.0 Å². The fourth-order valence-corrected chi connectivity index (χ4v) is 3.23. The van der Waals surface area contributed by atoms with Gasteiger partial charge in [0.25, 0.3) is 0 Å². The second-order valence-corrected chi connectivity index (χ2v) is 5.88. The van der Waals surface area contributed by atoms with Crippen LogP contribution in [-0.2, 0) is 14.3 Å². The van der Waals surface area contributed by atoms with Crippen LogP contribution >= 0.6 is 0 Å². The Kier molecular flexibility index (Phi) is 4.73. The number of hydrogen-bond donors (Lipinski definition) is 1. The number of ether oxygens (including phenoxy) is 1. The van der Waals surface area contributed by atoms with Crippen LogP contribution in [0.15, 0.2) is 30.3 Å². The Balaban J connectivity index is 1.75. The lowest BCUT2D eigenvalue weighted by molar-refractivity contribution is -0.145. The third kappa shape index (κ3) is 3.30. The molecule has 0 radical (unpaired) electrons. The Hall–Kier alpha value is -1.88. The molecule has 22 heavy (non-hydrogen) atoms. The monoisotopic (exact) mass is 302 g/mol. The number of rotatable bonds is 2. The molecule has 5 nitrogen and oxygen atoms in total. The fraction of sp³-hybridized carbons (Fsp3) is 0.529. The molecule has 2 aliphatic heterocycles. The number of nitrogens with zero attached hydrogens (tertiary/aromatic N) is 1. The number of carbonyl (C=O) groups is 2. The van der Waals surface area contributed by atoms with E-state index in [9.17, 15) is 9.59 Å². The SMILES string of the molecule is O=C1CCN(C(=O)[C@@H]2CCCO[C@@H]2c2ccccc2)CCN1. The van der Waals surface area contributed by atoms with E-state index in [2.05, 4.69) is 5.32 Å². The first-order valence-corrected chi connectivity index (χ1v) is 7.98. The van der Waals surface area contributed by atoms with E-state index in [0.29, 0.717) is 32.7 Å². The molecule has 2 atom stereocenters. The topological polar surface area (TPSA) is 58.6 Å². The molecule has 0 unspecified atom stereocenters. The van der Waals surface area contributed by atoms with Crippen LogP contribution in [0.2, 0.25) is 0 Å². The lowest BCUT2D eigenvalue weighted by Crippen LogP contribution is -2.42. The molecular formula is C17H22N2O3. The Morgan fingerprint density at radius 2 is 2.05 bits per heavy atom. The summed E-state index contributed by atoms with van der Waals surface area (Å²) >= 11 is 0. The van der Waals surface area contributed by atoms with Gasteiger partial charge in [-0.15, -0.1) is 0 Å². The lowest BCUT2D eigenvalue weighted by atomic mass is 9.88. The zero-order valence-corrected chi connectivity index (χ0v) is 12.7. The summed E-state index contributed by atoms with van der Waals surface area (Å²) in [5.74, 6) is -0.00999. The van der Waals surface area contributed by atoms with E-state index in [1.807, 2.05) is 35.2 Å². The molecule has 1 N–H and O–H groups in total. The van der Waals surface area contributed by atoms with E-state index >= 15 is 0 Å². The van der Waals surface area contributed by atoms with Gasteiger partial charge in [0.2, 0.25) is 11.8 Å². The summed E-state index contributed by atoms with van der Waals surface area (Å²) in [4.78, 5) is 26.2. The normalized spacial score (nSPS) is 26.2. The second kappa shape index (κ2) is 6.92. The quantitative estimate of drug-likeness (QED) is 0.901. The van der Waals surface area contributed by atoms with Gasteiger partial charge in [-0.25, -0.2) is 0 Å². The molecular weight excluding hydrogens is 280 g/mol. The van der Waals surface area contributed by atoms with Crippen LogP contribution in [0, 0.1) is 5.92 Å². The standard InChI is InChI=1S/C17H22N2O3/c20-15-8-10-19(11-9-18-15)17(21)14-7-4-12-22-16(14)13-5-2-1-3-6-13/h1-3,5-6,14,16H,4,7-12H2,(H,18,20)/t14-,16-/m1/s1. The maximum atomic E-state index is 12.9. The maximum absolute atomic E-state index is 12.9. The van der Waals surface area contributed by atoms with E-state index in [1.54, 1.807) is 0 Å². The highest BCUT2D eigenvalue weighted by molar-refractivity contribution is 5.82. The first kappa shape index (κ1) is 15.0. The molecule has 0 spiro atoms. The molecule has 2 aliphatic rings. The highest BCUT2D eigenvalue weighted by Gasteiger charge is 2.36. The molecule has 0 aliphatic carbocycles. The van der Waals surface area contributed by atoms with Gasteiger partial charge in [-0.05, 0) is 18.4 Å². The van der Waals surface area contributed by atoms with Crippen molar-refractivity contribution in [1.82, 2.24) is 10.2 Å². The molecule has 118 valence electrons. The van der Waals surface area contributed by atoms with Crippen LogP contribution < -0.4 is 5.32 Å². The largest absolute Gasteiger partial charge is 0.373 e. The van der Waals surface area contributed by atoms with Crippen molar-refractivity contribution >= 4 is 11.8 Å². The molecule has 2 fully saturated rings. The van der Waals surface area contributed by atoms with Crippen molar-refractivity contribution in [1.29, 1.82) is 0 Å². The smallest absolute Gasteiger partial charge is 0.228 e. The Bertz CT molecular complexity index is 532. The minimum Gasteiger partial charge on any atom is -0.373 e. The van der Waals surface area contributed by atoms with Gasteiger partial charge in [-0.1, -0.05) is 30.3 Å². The van der Waals surface area contributed by atoms with Crippen LogP contribution in [0.1, 0.15) is 30.9 Å². The number of nitrogens with one attached hydrogen (secondary N) is 1. The van der Waals surface area contributed by atoms with Gasteiger partial charge in [-0.3, -0.25) is 9.59 Å². The molecule has 3 rings (SSSR count). The van der Waals surface area contributed by atoms with Gasteiger partial charge in [0, 0.05) is 32.7 Å². The van der Waals surface area contributed by atoms with E-state index in [1.165, 1.54) is 0 Å². The van der Waals surface area contributed by atoms with Gasteiger partial charge < -0.3 is 15.0 Å². The molecule has 1 aromatic rings. The fourth-order valence-electron chi connectivity index (χ4n) is 3.23. The van der Waals surface area contributed by atoms with Crippen LogP contribution in [0.3, 0.4) is 0 Å². The van der Waals surface area contributed by atoms with Crippen molar-refractivity contribution in [3.05, 3.63) is 35.9 Å². The summed E-state index contributed by atoms with van der Waals surface area (Å²) in [6, 6.07) is 9.95. The summed E-state index contributed by atoms with van der Waals surface area (Å²) in [5, 5.41) is 2.81.